The maximum absolute atomic E-state index is 6.01. The summed E-state index contributed by atoms with van der Waals surface area (Å²) in [5.41, 5.74) is 7.61. The Bertz CT molecular complexity index is 470. The van der Waals surface area contributed by atoms with E-state index in [9.17, 15) is 0 Å². The smallest absolute Gasteiger partial charge is 0.106 e. The third-order valence-corrected chi connectivity index (χ3v) is 4.19. The Hall–Kier alpha value is -0.840. The van der Waals surface area contributed by atoms with E-state index >= 15 is 0 Å². The molecule has 0 bridgehead atoms. The minimum absolute atomic E-state index is 0.387. The third kappa shape index (κ3) is 4.08. The normalized spacial score (nSPS) is 17.1. The number of nitrogens with two attached hydrogens (primary N) is 1. The van der Waals surface area contributed by atoms with Crippen molar-refractivity contribution < 1.29 is 0 Å². The lowest BCUT2D eigenvalue weighted by atomic mass is 10.0. The van der Waals surface area contributed by atoms with Crippen molar-refractivity contribution >= 4 is 34.5 Å². The molecule has 1 fully saturated rings. The Morgan fingerprint density at radius 2 is 2.15 bits per heavy atom. The van der Waals surface area contributed by atoms with E-state index in [1.54, 1.807) is 0 Å². The van der Waals surface area contributed by atoms with Crippen LogP contribution in [-0.4, -0.2) is 35.6 Å². The molecular weight excluding hydrogens is 290 g/mol. The molecule has 110 valence electrons. The minimum atomic E-state index is 0.387. The number of halogens is 1. The molecule has 0 spiro atoms. The lowest BCUT2D eigenvalue weighted by molar-refractivity contribution is 0.219. The van der Waals surface area contributed by atoms with E-state index in [2.05, 4.69) is 17.1 Å². The summed E-state index contributed by atoms with van der Waals surface area (Å²) in [6, 6.07) is 6.16. The number of likely N-dealkylation sites (tertiary alicyclic amines) is 1. The standard InChI is InChI=1S/C15H22ClN3S/c1-2-7-19-8-5-12(6-9-19)18-14-4-3-11(16)10-13(14)15(17)20/h3-4,10,12,18H,2,5-9H2,1H3,(H2,17,20). The SMILES string of the molecule is CCCN1CCC(Nc2ccc(Cl)cc2C(N)=S)CC1. The van der Waals surface area contributed by atoms with Gasteiger partial charge in [-0.3, -0.25) is 0 Å². The van der Waals surface area contributed by atoms with Crippen LogP contribution in [0.2, 0.25) is 5.02 Å². The highest BCUT2D eigenvalue weighted by atomic mass is 35.5. The van der Waals surface area contributed by atoms with Gasteiger partial charge in [0.25, 0.3) is 0 Å². The molecule has 0 atom stereocenters. The second kappa shape index (κ2) is 7.25. The molecule has 3 N–H and O–H groups in total. The summed E-state index contributed by atoms with van der Waals surface area (Å²) in [5.74, 6) is 0. The summed E-state index contributed by atoms with van der Waals surface area (Å²) in [7, 11) is 0. The number of benzene rings is 1. The number of nitrogens with one attached hydrogen (secondary N) is 1. The number of thiocarbonyl (C=S) groups is 1. The maximum atomic E-state index is 6.01. The van der Waals surface area contributed by atoms with Crippen LogP contribution in [0.5, 0.6) is 0 Å². The Labute approximate surface area is 131 Å². The van der Waals surface area contributed by atoms with E-state index in [1.807, 2.05) is 18.2 Å². The van der Waals surface area contributed by atoms with Gasteiger partial charge in [-0.25, -0.2) is 0 Å². The molecule has 1 aliphatic rings. The molecule has 1 heterocycles. The molecule has 1 aromatic carbocycles. The van der Waals surface area contributed by atoms with Crippen molar-refractivity contribution in [2.24, 2.45) is 5.73 Å². The van der Waals surface area contributed by atoms with Crippen LogP contribution in [0.1, 0.15) is 31.7 Å². The largest absolute Gasteiger partial charge is 0.389 e. The average Bonchev–Trinajstić information content (AvgIpc) is 2.43. The lowest BCUT2D eigenvalue weighted by Crippen LogP contribution is -2.39. The second-order valence-corrected chi connectivity index (χ2v) is 6.19. The van der Waals surface area contributed by atoms with Gasteiger partial charge in [0.2, 0.25) is 0 Å². The van der Waals surface area contributed by atoms with Crippen molar-refractivity contribution in [3.05, 3.63) is 28.8 Å². The van der Waals surface area contributed by atoms with Crippen LogP contribution in [0.4, 0.5) is 5.69 Å². The van der Waals surface area contributed by atoms with Crippen LogP contribution in [-0.2, 0) is 0 Å². The first-order valence-electron chi connectivity index (χ1n) is 7.18. The van der Waals surface area contributed by atoms with Crippen LogP contribution < -0.4 is 11.1 Å². The number of hydrogen-bond acceptors (Lipinski definition) is 3. The van der Waals surface area contributed by atoms with E-state index in [1.165, 1.54) is 13.0 Å². The first-order chi connectivity index (χ1) is 9.60. The van der Waals surface area contributed by atoms with Gasteiger partial charge >= 0.3 is 0 Å². The fourth-order valence-corrected chi connectivity index (χ4v) is 3.02. The topological polar surface area (TPSA) is 41.3 Å². The zero-order valence-corrected chi connectivity index (χ0v) is 13.4. The van der Waals surface area contributed by atoms with Crippen LogP contribution in [0, 0.1) is 0 Å². The van der Waals surface area contributed by atoms with Crippen LogP contribution >= 0.6 is 23.8 Å². The Morgan fingerprint density at radius 3 is 2.75 bits per heavy atom. The monoisotopic (exact) mass is 311 g/mol. The quantitative estimate of drug-likeness (QED) is 0.819. The molecule has 2 rings (SSSR count). The highest BCUT2D eigenvalue weighted by Crippen LogP contribution is 2.23. The molecule has 0 aliphatic carbocycles. The summed E-state index contributed by atoms with van der Waals surface area (Å²) < 4.78 is 0. The summed E-state index contributed by atoms with van der Waals surface area (Å²) in [6.45, 7) is 5.74. The van der Waals surface area contributed by atoms with Gasteiger partial charge in [-0.1, -0.05) is 30.7 Å². The van der Waals surface area contributed by atoms with Gasteiger partial charge in [-0.2, -0.15) is 0 Å². The number of rotatable bonds is 5. The first-order valence-corrected chi connectivity index (χ1v) is 7.97. The van der Waals surface area contributed by atoms with Gasteiger partial charge < -0.3 is 16.0 Å². The van der Waals surface area contributed by atoms with Gasteiger partial charge in [0.05, 0.1) is 0 Å². The average molecular weight is 312 g/mol. The first kappa shape index (κ1) is 15.5. The van der Waals surface area contributed by atoms with Gasteiger partial charge in [-0.05, 0) is 44.0 Å². The molecule has 0 aromatic heterocycles. The molecule has 3 nitrogen and oxygen atoms in total. The maximum Gasteiger partial charge on any atom is 0.106 e. The van der Waals surface area contributed by atoms with Gasteiger partial charge in [0.1, 0.15) is 4.99 Å². The third-order valence-electron chi connectivity index (χ3n) is 3.73. The highest BCUT2D eigenvalue weighted by Gasteiger charge is 2.19. The molecule has 0 saturated carbocycles. The Morgan fingerprint density at radius 1 is 1.45 bits per heavy atom. The van der Waals surface area contributed by atoms with Crippen molar-refractivity contribution in [1.82, 2.24) is 4.90 Å². The zero-order chi connectivity index (χ0) is 14.5. The van der Waals surface area contributed by atoms with Crippen LogP contribution in [0.3, 0.4) is 0 Å². The van der Waals surface area contributed by atoms with E-state index in [-0.39, 0.29) is 0 Å². The van der Waals surface area contributed by atoms with Crippen LogP contribution in [0.15, 0.2) is 18.2 Å². The molecule has 0 unspecified atom stereocenters. The van der Waals surface area contributed by atoms with E-state index in [0.29, 0.717) is 16.1 Å². The van der Waals surface area contributed by atoms with E-state index in [0.717, 1.165) is 37.2 Å². The van der Waals surface area contributed by atoms with Gasteiger partial charge in [0.15, 0.2) is 0 Å². The molecule has 1 saturated heterocycles. The van der Waals surface area contributed by atoms with E-state index in [4.69, 9.17) is 29.6 Å². The van der Waals surface area contributed by atoms with E-state index < -0.39 is 0 Å². The molecule has 5 heteroatoms. The zero-order valence-electron chi connectivity index (χ0n) is 11.9. The van der Waals surface area contributed by atoms with Crippen molar-refractivity contribution in [1.29, 1.82) is 0 Å². The molecule has 0 radical (unpaired) electrons. The number of nitrogens with zero attached hydrogens (tertiary/aromatic N) is 1. The molecule has 1 aromatic rings. The summed E-state index contributed by atoms with van der Waals surface area (Å²) in [5, 5.41) is 4.23. The number of hydrogen-bond donors (Lipinski definition) is 2. The Kier molecular flexibility index (Phi) is 5.64. The highest BCUT2D eigenvalue weighted by molar-refractivity contribution is 7.80. The Balaban J connectivity index is 1.99. The van der Waals surface area contributed by atoms with Gasteiger partial charge in [0, 0.05) is 35.4 Å². The molecular formula is C15H22ClN3S. The number of anilines is 1. The minimum Gasteiger partial charge on any atom is -0.389 e. The molecule has 20 heavy (non-hydrogen) atoms. The summed E-state index contributed by atoms with van der Waals surface area (Å²) in [6.07, 6.45) is 3.53. The van der Waals surface area contributed by atoms with Crippen molar-refractivity contribution in [2.75, 3.05) is 25.0 Å². The predicted molar refractivity (Wildman–Crippen MR) is 90.7 cm³/mol. The second-order valence-electron chi connectivity index (χ2n) is 5.31. The van der Waals surface area contributed by atoms with Crippen molar-refractivity contribution in [2.45, 2.75) is 32.2 Å². The van der Waals surface area contributed by atoms with Crippen molar-refractivity contribution in [3.63, 3.8) is 0 Å². The molecule has 0 amide bonds. The fourth-order valence-electron chi connectivity index (χ4n) is 2.68. The lowest BCUT2D eigenvalue weighted by Gasteiger charge is -2.33. The number of piperidine rings is 1. The van der Waals surface area contributed by atoms with Gasteiger partial charge in [-0.15, -0.1) is 0 Å². The predicted octanol–water partition coefficient (Wildman–Crippen LogP) is 3.26. The molecule has 1 aliphatic heterocycles. The fraction of sp³-hybridized carbons (Fsp3) is 0.533. The summed E-state index contributed by atoms with van der Waals surface area (Å²) >= 11 is 11.1. The summed E-state index contributed by atoms with van der Waals surface area (Å²) in [4.78, 5) is 2.91. The van der Waals surface area contributed by atoms with Crippen LogP contribution in [0.25, 0.3) is 0 Å². The van der Waals surface area contributed by atoms with Crippen molar-refractivity contribution in [3.8, 4) is 0 Å².